The van der Waals surface area contributed by atoms with Crippen molar-refractivity contribution >= 4 is 86.5 Å². The summed E-state index contributed by atoms with van der Waals surface area (Å²) in [6.45, 7) is 13.9. The van der Waals surface area contributed by atoms with Crippen molar-refractivity contribution in [1.82, 2.24) is 0 Å². The average Bonchev–Trinajstić information content (AvgIpc) is 1.52. The van der Waals surface area contributed by atoms with Gasteiger partial charge in [0.15, 0.2) is 23.1 Å². The Balaban J connectivity index is 1.01. The molecule has 5 aliphatic carbocycles. The van der Waals surface area contributed by atoms with Crippen LogP contribution in [0.4, 0.5) is 0 Å². The van der Waals surface area contributed by atoms with Gasteiger partial charge in [-0.3, -0.25) is 52.7 Å². The van der Waals surface area contributed by atoms with E-state index in [0.717, 1.165) is 16.7 Å². The smallest absolute Gasteiger partial charge is 0.307 e. The number of hydrogen-bond acceptors (Lipinski definition) is 16. The van der Waals surface area contributed by atoms with Crippen molar-refractivity contribution in [1.29, 1.82) is 0 Å². The van der Waals surface area contributed by atoms with Crippen LogP contribution in [0, 0.1) is 47.3 Å². The highest BCUT2D eigenvalue weighted by Gasteiger charge is 2.41. The molecule has 2 heterocycles. The van der Waals surface area contributed by atoms with Crippen LogP contribution < -0.4 is 0 Å². The highest BCUT2D eigenvalue weighted by atomic mass is 16.4. The van der Waals surface area contributed by atoms with Gasteiger partial charge >= 0.3 is 5.97 Å². The Morgan fingerprint density at radius 1 is 0.633 bits per heavy atom. The lowest BCUT2D eigenvalue weighted by atomic mass is 9.79. The van der Waals surface area contributed by atoms with Gasteiger partial charge in [-0.1, -0.05) is 99.7 Å². The van der Waals surface area contributed by atoms with E-state index in [9.17, 15) is 67.7 Å². The Labute approximate surface area is 570 Å². The van der Waals surface area contributed by atoms with Gasteiger partial charge in [-0.2, -0.15) is 0 Å². The van der Waals surface area contributed by atoms with Crippen LogP contribution in [-0.4, -0.2) is 92.2 Å². The zero-order valence-electron chi connectivity index (χ0n) is 56.3. The third kappa shape index (κ3) is 18.2. The zero-order chi connectivity index (χ0) is 70.6. The number of rotatable bonds is 19. The number of aliphatic carboxylic acids is 1. The van der Waals surface area contributed by atoms with Crippen molar-refractivity contribution in [2.24, 2.45) is 47.3 Å². The Hall–Kier alpha value is -9.35. The number of carbonyl (C=O) groups is 13. The van der Waals surface area contributed by atoms with Gasteiger partial charge < -0.3 is 28.6 Å². The molecule has 5 aliphatic rings. The fourth-order valence-corrected chi connectivity index (χ4v) is 14.2. The quantitative estimate of drug-likeness (QED) is 0.0825. The van der Waals surface area contributed by atoms with Gasteiger partial charge in [0.1, 0.15) is 64.0 Å². The minimum absolute atomic E-state index is 0.0304. The number of Topliss-reactive ketones (excluding diaryl/α,β-unsaturated/α-hetero) is 12. The second-order valence-electron chi connectivity index (χ2n) is 27.6. The van der Waals surface area contributed by atoms with E-state index in [-0.39, 0.29) is 182 Å². The van der Waals surface area contributed by atoms with Crippen LogP contribution in [0.5, 0.6) is 0 Å². The van der Waals surface area contributed by atoms with E-state index in [1.165, 1.54) is 32.4 Å². The normalized spacial score (nSPS) is 22.4. The van der Waals surface area contributed by atoms with Crippen LogP contribution in [0.25, 0.3) is 33.6 Å². The van der Waals surface area contributed by atoms with Gasteiger partial charge in [-0.15, -0.1) is 0 Å². The van der Waals surface area contributed by atoms with Crippen LogP contribution in [0.1, 0.15) is 194 Å². The van der Waals surface area contributed by atoms with Crippen LogP contribution in [-0.2, 0) is 59.2 Å². The SMILES string of the molecule is C=C1CC(=O)C2=CCC(=C2)C(CO)CC(=O)CCC(=O)C(CC2=CCc3ccccc32)CC(=O)c2ccc(-c3cc(C(=O)CC(C)C(=O)CC(CCC(C)=O)C(=O)C4CCCC4C(=O)O)co3)cc2-c2coc(c2)C(=C)CC(=O)C(C)CC(=O)C(CCC(C)=O)CC(=O)C2=CCC1=C2. The summed E-state index contributed by atoms with van der Waals surface area (Å²) < 4.78 is 12.1. The maximum Gasteiger partial charge on any atom is 0.307 e. The van der Waals surface area contributed by atoms with E-state index in [4.69, 9.17) is 8.83 Å². The number of allylic oxidation sites excluding steroid dienone is 11. The number of aliphatic hydroxyl groups excluding tert-OH is 1. The Kier molecular flexibility index (Phi) is 24.4. The summed E-state index contributed by atoms with van der Waals surface area (Å²) >= 11 is 0. The second-order valence-corrected chi connectivity index (χ2v) is 27.6. The summed E-state index contributed by atoms with van der Waals surface area (Å²) in [6.07, 6.45) is 12.4. The molecule has 6 bridgehead atoms. The summed E-state index contributed by atoms with van der Waals surface area (Å²) in [6, 6.07) is 15.8. The van der Waals surface area contributed by atoms with Gasteiger partial charge in [0.25, 0.3) is 0 Å². The molecule has 512 valence electrons. The monoisotopic (exact) mass is 1330 g/mol. The standard InChI is InChI=1S/C81H86O17/c1-45-28-73(89)56-23-20-53(33-56)61(42-82)35-64(85)25-27-70(86)60(34-54-21-18-51-10-7-8-11-65(51)54)39-77(93)66-26-24-58(79-41-63(44-98-79)75(91)30-47(3)72(88)38-59(17-15-50(6)84)80(94)67-12-9-13-68(67)81(95)96)36-69(66)62-40-78(97-43-62)48(4)31-71(87)46(2)29-74(90)57(16-14-49(5)83)37-76(92)55-22-19-52(45)32-55/h7-8,10-11,21-24,26,32-33,36,40-41,43-44,46-47,57,59-61,67-68,82H,1,4,9,12-20,25,27-31,34-35,37-39,42H2,2-3,5-6H3,(H,95,96). The lowest BCUT2D eigenvalue weighted by Crippen LogP contribution is -2.32. The zero-order valence-corrected chi connectivity index (χ0v) is 56.3. The predicted octanol–water partition coefficient (Wildman–Crippen LogP) is 14.1. The number of aliphatic hydroxyl groups is 1. The molecule has 8 atom stereocenters. The lowest BCUT2D eigenvalue weighted by Gasteiger charge is -2.22. The summed E-state index contributed by atoms with van der Waals surface area (Å²) in [4.78, 5) is 178. The topological polar surface area (TPSA) is 289 Å². The first-order chi connectivity index (χ1) is 46.7. The Morgan fingerprint density at radius 2 is 1.35 bits per heavy atom. The molecule has 17 heteroatoms. The highest BCUT2D eigenvalue weighted by molar-refractivity contribution is 6.07. The van der Waals surface area contributed by atoms with E-state index < -0.39 is 71.5 Å². The first kappa shape index (κ1) is 72.9. The number of ketones is 12. The first-order valence-corrected chi connectivity index (χ1v) is 34.1. The molecule has 0 saturated heterocycles. The molecule has 0 aliphatic heterocycles. The Bertz CT molecular complexity index is 4100. The van der Waals surface area contributed by atoms with Crippen molar-refractivity contribution in [2.45, 2.75) is 163 Å². The van der Waals surface area contributed by atoms with Crippen LogP contribution in [0.3, 0.4) is 0 Å². The average molecular weight is 1330 g/mol. The third-order valence-electron chi connectivity index (χ3n) is 20.3. The Morgan fingerprint density at radius 3 is 2.09 bits per heavy atom. The van der Waals surface area contributed by atoms with E-state index >= 15 is 4.79 Å². The molecule has 4 aromatic rings. The molecular formula is C81H86O17. The van der Waals surface area contributed by atoms with Gasteiger partial charge in [-0.25, -0.2) is 0 Å². The summed E-state index contributed by atoms with van der Waals surface area (Å²) in [5.41, 5.74) is 7.08. The number of benzene rings is 2. The molecule has 0 amide bonds. The number of carbonyl (C=O) groups excluding carboxylic acids is 12. The van der Waals surface area contributed by atoms with Crippen molar-refractivity contribution in [3.63, 3.8) is 0 Å². The predicted molar refractivity (Wildman–Crippen MR) is 367 cm³/mol. The highest BCUT2D eigenvalue weighted by Crippen LogP contribution is 2.41. The number of furan rings is 2. The molecule has 2 aromatic carbocycles. The molecular weight excluding hydrogens is 1240 g/mol. The number of carboxylic acids is 1. The molecule has 0 radical (unpaired) electrons. The van der Waals surface area contributed by atoms with E-state index in [1.807, 2.05) is 30.3 Å². The minimum Gasteiger partial charge on any atom is -0.481 e. The lowest BCUT2D eigenvalue weighted by molar-refractivity contribution is -0.146. The molecule has 9 rings (SSSR count). The van der Waals surface area contributed by atoms with E-state index in [2.05, 4.69) is 13.2 Å². The fraction of sp³-hybridized carbons (Fsp3) is 0.420. The maximum atomic E-state index is 15.2. The van der Waals surface area contributed by atoms with Crippen molar-refractivity contribution in [2.75, 3.05) is 6.61 Å². The van der Waals surface area contributed by atoms with E-state index in [0.29, 0.717) is 83.1 Å². The molecule has 1 fully saturated rings. The summed E-state index contributed by atoms with van der Waals surface area (Å²) in [5, 5.41) is 20.4. The van der Waals surface area contributed by atoms with Gasteiger partial charge in [0.05, 0.1) is 24.4 Å². The minimum atomic E-state index is -1.08. The van der Waals surface area contributed by atoms with E-state index in [1.54, 1.807) is 62.4 Å². The molecule has 1 saturated carbocycles. The number of hydrogen-bond donors (Lipinski definition) is 2. The van der Waals surface area contributed by atoms with Gasteiger partial charge in [0.2, 0.25) is 0 Å². The largest absolute Gasteiger partial charge is 0.481 e. The van der Waals surface area contributed by atoms with Crippen LogP contribution >= 0.6 is 0 Å². The van der Waals surface area contributed by atoms with Crippen LogP contribution in [0.15, 0.2) is 147 Å². The van der Waals surface area contributed by atoms with Crippen LogP contribution in [0.2, 0.25) is 0 Å². The summed E-state index contributed by atoms with van der Waals surface area (Å²) in [7, 11) is 0. The number of fused-ring (bicyclic) bond motifs is 7. The molecule has 2 N–H and O–H groups in total. The van der Waals surface area contributed by atoms with Gasteiger partial charge in [0, 0.05) is 146 Å². The number of carboxylic acid groups (broad SMARTS) is 1. The molecule has 2 aromatic heterocycles. The van der Waals surface area contributed by atoms with Crippen molar-refractivity contribution in [3.05, 3.63) is 167 Å². The molecule has 98 heavy (non-hydrogen) atoms. The summed E-state index contributed by atoms with van der Waals surface area (Å²) in [5.74, 6) is -11.2. The van der Waals surface area contributed by atoms with Crippen molar-refractivity contribution < 1.29 is 81.4 Å². The first-order valence-electron chi connectivity index (χ1n) is 34.1. The fourth-order valence-electron chi connectivity index (χ4n) is 14.2. The van der Waals surface area contributed by atoms with Gasteiger partial charge in [-0.05, 0) is 128 Å². The third-order valence-corrected chi connectivity index (χ3v) is 20.3. The maximum absolute atomic E-state index is 15.2. The molecule has 0 spiro atoms. The second kappa shape index (κ2) is 32.8. The molecule has 8 unspecified atom stereocenters. The van der Waals surface area contributed by atoms with Crippen molar-refractivity contribution in [3.8, 4) is 22.5 Å². The molecule has 17 nitrogen and oxygen atoms in total.